The highest BCUT2D eigenvalue weighted by molar-refractivity contribution is 7.87. The van der Waals surface area contributed by atoms with Gasteiger partial charge in [0.1, 0.15) is 53.8 Å². The molecule has 0 radical (unpaired) electrons. The molecule has 62 heteroatoms. The van der Waals surface area contributed by atoms with E-state index < -0.39 is 120 Å². The Morgan fingerprint density at radius 2 is 0.447 bits per heavy atom. The molecule has 150 heavy (non-hydrogen) atoms. The molecular weight excluding hydrogens is 2120 g/mol. The minimum absolute atomic E-state index is 0.0577. The Balaban J connectivity index is 0.735. The SMILES string of the molecule is COc1cc(N=Nc2ccc(N=Nc3ccc(S(=O)(=O)O)cc3)cc2S(=O)(=O)O)c(C)cc1Nc1nc(Nc2ccc(N=Nc3ccc(N=Nc4ccc(S(=O)(=O)O)cc4)cc3S(=O)(=O)O)c(C)c2)nc(N2CCN(c3nc(Nc4ccc(N=Nc5ccc(N=Nc6ccc(S(=O)(=O)O)cc6)cc5S(=O)(=O)O)c(C)c4)nc(Nc4cc(C)c(N=Nc5ccc(N=Nc6ccc(S(=O)(=O)O)cc6)cc5S(=O)(=O)O)cc4OC)n3)CC2)n1. The summed E-state index contributed by atoms with van der Waals surface area (Å²) in [4.78, 5) is 28.2. The molecule has 54 nitrogen and oxygen atoms in total. The molecule has 1 aliphatic heterocycles. The predicted octanol–water partition coefficient (Wildman–Crippen LogP) is 20.9. The smallest absolute Gasteiger partial charge is 0.296 e. The van der Waals surface area contributed by atoms with Gasteiger partial charge in [0, 0.05) is 49.7 Å². The summed E-state index contributed by atoms with van der Waals surface area (Å²) in [7, 11) is -35.4. The van der Waals surface area contributed by atoms with Crippen molar-refractivity contribution in [3.8, 4) is 11.5 Å². The van der Waals surface area contributed by atoms with Crippen molar-refractivity contribution in [2.24, 2.45) is 81.8 Å². The van der Waals surface area contributed by atoms with Crippen molar-refractivity contribution in [2.75, 3.05) is 71.5 Å². The van der Waals surface area contributed by atoms with E-state index in [0.29, 0.717) is 33.6 Å². The lowest BCUT2D eigenvalue weighted by Crippen LogP contribution is -2.48. The minimum Gasteiger partial charge on any atom is -0.494 e. The summed E-state index contributed by atoms with van der Waals surface area (Å²) in [5, 5.41) is 78.6. The Morgan fingerprint density at radius 1 is 0.233 bits per heavy atom. The molecule has 1 aliphatic rings. The molecule has 0 aliphatic carbocycles. The molecule has 0 spiro atoms. The number of methoxy groups -OCH3 is 2. The highest BCUT2D eigenvalue weighted by Gasteiger charge is 2.29. The summed E-state index contributed by atoms with van der Waals surface area (Å²) in [5.41, 5.74) is 2.51. The predicted molar refractivity (Wildman–Crippen MR) is 538 cm³/mol. The number of piperazine rings is 1. The van der Waals surface area contributed by atoms with Crippen LogP contribution in [-0.4, -0.2) is 174 Å². The van der Waals surface area contributed by atoms with Crippen LogP contribution in [-0.2, 0) is 80.9 Å². The van der Waals surface area contributed by atoms with Gasteiger partial charge in [0.15, 0.2) is 0 Å². The van der Waals surface area contributed by atoms with Crippen molar-refractivity contribution in [3.05, 3.63) is 253 Å². The van der Waals surface area contributed by atoms with Gasteiger partial charge < -0.3 is 40.5 Å². The zero-order valence-electron chi connectivity index (χ0n) is 77.7. The van der Waals surface area contributed by atoms with Crippen LogP contribution in [0.2, 0.25) is 0 Å². The standard InChI is InChI=1S/C88H76N28O26S8/c1-49-39-57(15-29-67(49)107-109-69-31-17-59(43-79(69)147(129,130)131)103-99-53-7-21-63(22-8-53)143(117,118)119)89-83-93-85(91-75-41-51(3)73(47-77(75)141-5)113-111-71-33-19-61(45-81(71)149(135,136)137)105-101-55-11-25-65(26-12-55)145(123,124)125)97-87(95-83)115-35-37-116(38-36-115)88-96-84(90-58-16-30-68(50(2)40-58)108-110-70-32-18-60(44-80(70)148(132,133)134)104-100-54-9-23-64(24-10-54)144(120,121)122)94-86(98-88)92-76-42-52(4)74(48-78(76)142-6)114-112-72-34-20-62(46-82(72)150(138,139)140)106-102-56-13-27-66(28-14-56)146(126,127)128/h7-34,39-48H,35-38H2,1-6H3,(H,117,118,119)(H,120,121,122)(H,123,124,125)(H,126,127,128)(H,129,130,131)(H,132,133,134)(H,135,136,137)(H,138,139,140)(H2,89,91,93,95,97)(H2,90,92,94,96,98). The van der Waals surface area contributed by atoms with Crippen molar-refractivity contribution in [3.63, 3.8) is 0 Å². The van der Waals surface area contributed by atoms with Gasteiger partial charge in [0.2, 0.25) is 35.7 Å². The van der Waals surface area contributed by atoms with Gasteiger partial charge in [-0.05, 0) is 268 Å². The van der Waals surface area contributed by atoms with E-state index in [1.165, 1.54) is 136 Å². The third-order valence-corrected chi connectivity index (χ3v) is 28.1. The Bertz CT molecular complexity index is 8460. The largest absolute Gasteiger partial charge is 0.494 e. The summed E-state index contributed by atoms with van der Waals surface area (Å²) in [5.74, 6) is 0.104. The maximum Gasteiger partial charge on any atom is 0.296 e. The summed E-state index contributed by atoms with van der Waals surface area (Å²) in [6.07, 6.45) is 0. The first-order valence-corrected chi connectivity index (χ1v) is 54.1. The van der Waals surface area contributed by atoms with Crippen LogP contribution in [0.1, 0.15) is 22.3 Å². The van der Waals surface area contributed by atoms with Crippen molar-refractivity contribution in [1.29, 1.82) is 0 Å². The normalized spacial score (nSPS) is 13.3. The van der Waals surface area contributed by atoms with Gasteiger partial charge in [-0.2, -0.15) is 159 Å². The van der Waals surface area contributed by atoms with E-state index in [1.807, 2.05) is 9.80 Å². The van der Waals surface area contributed by atoms with E-state index in [4.69, 9.17) is 39.4 Å². The second-order valence-electron chi connectivity index (χ2n) is 31.7. The molecule has 1 fully saturated rings. The Kier molecular flexibility index (Phi) is 31.5. The van der Waals surface area contributed by atoms with Crippen LogP contribution < -0.4 is 40.5 Å². The van der Waals surface area contributed by atoms with Crippen molar-refractivity contribution >= 4 is 230 Å². The molecule has 0 amide bonds. The zero-order valence-corrected chi connectivity index (χ0v) is 84.2. The highest BCUT2D eigenvalue weighted by atomic mass is 32.2. The molecule has 3 heterocycles. The van der Waals surface area contributed by atoms with Crippen molar-refractivity contribution in [1.82, 2.24) is 29.9 Å². The fourth-order valence-corrected chi connectivity index (χ4v) is 18.2. The highest BCUT2D eigenvalue weighted by Crippen LogP contribution is 2.43. The first-order valence-electron chi connectivity index (χ1n) is 42.6. The molecule has 1 saturated heterocycles. The second-order valence-corrected chi connectivity index (χ2v) is 43.0. The lowest BCUT2D eigenvalue weighted by atomic mass is 10.1. The number of nitrogens with zero attached hydrogens (tertiary/aromatic N) is 24. The molecule has 0 saturated carbocycles. The van der Waals surface area contributed by atoms with Crippen LogP contribution in [0.5, 0.6) is 11.5 Å². The van der Waals surface area contributed by atoms with Gasteiger partial charge in [0.25, 0.3) is 80.9 Å². The minimum atomic E-state index is -5.02. The van der Waals surface area contributed by atoms with Gasteiger partial charge in [-0.3, -0.25) is 36.4 Å². The van der Waals surface area contributed by atoms with Gasteiger partial charge in [-0.1, -0.05) is 0 Å². The first-order chi connectivity index (χ1) is 70.8. The maximum atomic E-state index is 12.9. The molecule has 15 rings (SSSR count). The molecular formula is C88H76N28O26S8. The molecule has 0 bridgehead atoms. The quantitative estimate of drug-likeness (QED) is 0.0128. The lowest BCUT2D eigenvalue weighted by molar-refractivity contribution is 0.416. The van der Waals surface area contributed by atoms with E-state index in [0.717, 1.165) is 72.8 Å². The fraction of sp³-hybridized carbons (Fsp3) is 0.114. The number of aryl methyl sites for hydroxylation is 4. The van der Waals surface area contributed by atoms with Gasteiger partial charge >= 0.3 is 0 Å². The lowest BCUT2D eigenvalue weighted by Gasteiger charge is -2.35. The second kappa shape index (κ2) is 44.0. The Labute approximate surface area is 852 Å². The molecule has 2 aromatic heterocycles. The number of ether oxygens (including phenoxy) is 2. The third kappa shape index (κ3) is 27.7. The molecule has 772 valence electrons. The number of azo groups is 8. The third-order valence-electron chi connectivity index (χ3n) is 21.1. The average Bonchev–Trinajstić information content (AvgIpc) is 0.797. The molecule has 0 atom stereocenters. The number of nitrogens with one attached hydrogen (secondary N) is 4. The van der Waals surface area contributed by atoms with Gasteiger partial charge in [-0.15, -0.1) is 20.5 Å². The van der Waals surface area contributed by atoms with Crippen LogP contribution in [0.25, 0.3) is 0 Å². The summed E-state index contributed by atoms with van der Waals surface area (Å²) >= 11 is 0. The van der Waals surface area contributed by atoms with E-state index in [1.54, 1.807) is 64.1 Å². The topological polar surface area (TPSA) is 783 Å². The summed E-state index contributed by atoms with van der Waals surface area (Å²) in [6.45, 7) is 7.12. The molecule has 0 unspecified atom stereocenters. The van der Waals surface area contributed by atoms with Crippen molar-refractivity contribution < 1.29 is 113 Å². The van der Waals surface area contributed by atoms with Crippen molar-refractivity contribution in [2.45, 2.75) is 66.9 Å². The number of anilines is 10. The Morgan fingerprint density at radius 3 is 0.680 bits per heavy atom. The number of benzene rings is 12. The number of rotatable bonds is 36. The van der Waals surface area contributed by atoms with Crippen LogP contribution in [0.3, 0.4) is 0 Å². The Hall–Kier alpha value is -16.9. The zero-order chi connectivity index (χ0) is 108. The number of aromatic nitrogens is 6. The van der Waals surface area contributed by atoms with Crippen LogP contribution in [0.15, 0.2) is 352 Å². The molecule has 14 aromatic rings. The first kappa shape index (κ1) is 107. The number of hydrogen-bond donors (Lipinski definition) is 12. The van der Waals surface area contributed by atoms with E-state index >= 15 is 0 Å². The average molecular weight is 2200 g/mol. The van der Waals surface area contributed by atoms with E-state index in [-0.39, 0.29) is 176 Å². The monoisotopic (exact) mass is 2200 g/mol. The van der Waals surface area contributed by atoms with Gasteiger partial charge in [0.05, 0.1) is 113 Å². The molecule has 12 N–H and O–H groups in total. The molecule has 12 aromatic carbocycles. The van der Waals surface area contributed by atoms with E-state index in [2.05, 4.69) is 103 Å². The fourth-order valence-electron chi connectivity index (χ4n) is 13.7. The van der Waals surface area contributed by atoms with Gasteiger partial charge in [-0.25, -0.2) is 0 Å². The van der Waals surface area contributed by atoms with E-state index in [9.17, 15) is 104 Å². The van der Waals surface area contributed by atoms with Crippen LogP contribution >= 0.6 is 0 Å². The summed E-state index contributed by atoms with van der Waals surface area (Å²) in [6, 6.07) is 48.0. The van der Waals surface area contributed by atoms with Crippen LogP contribution in [0.4, 0.5) is 149 Å². The maximum absolute atomic E-state index is 12.9. The summed E-state index contributed by atoms with van der Waals surface area (Å²) < 4.78 is 286. The number of hydrogen-bond acceptors (Lipinski definition) is 46. The van der Waals surface area contributed by atoms with Crippen LogP contribution in [0, 0.1) is 27.7 Å².